The standard InChI is InChI=1S/C15H21N3O2/c1-20-13-4-2-12(3-5-13)10-18-11-15(17-14(18)19)6-8-16-9-7-15/h2-5,16H,6-11H2,1H3,(H,17,19). The lowest BCUT2D eigenvalue weighted by Gasteiger charge is -2.33. The lowest BCUT2D eigenvalue weighted by atomic mass is 9.89. The zero-order valence-corrected chi connectivity index (χ0v) is 11.8. The molecule has 2 aliphatic heterocycles. The fraction of sp³-hybridized carbons (Fsp3) is 0.533. The molecule has 0 unspecified atom stereocenters. The number of amides is 2. The minimum Gasteiger partial charge on any atom is -0.497 e. The van der Waals surface area contributed by atoms with Crippen molar-refractivity contribution >= 4 is 6.03 Å². The molecule has 1 aromatic rings. The maximum absolute atomic E-state index is 12.1. The van der Waals surface area contributed by atoms with Gasteiger partial charge in [0.25, 0.3) is 0 Å². The fourth-order valence-corrected chi connectivity index (χ4v) is 3.05. The molecule has 5 nitrogen and oxygen atoms in total. The van der Waals surface area contributed by atoms with Gasteiger partial charge in [-0.05, 0) is 43.6 Å². The molecule has 2 aliphatic rings. The van der Waals surface area contributed by atoms with Gasteiger partial charge < -0.3 is 20.3 Å². The monoisotopic (exact) mass is 275 g/mol. The third-order valence-corrected chi connectivity index (χ3v) is 4.25. The molecule has 0 bridgehead atoms. The van der Waals surface area contributed by atoms with Crippen LogP contribution in [0.5, 0.6) is 5.75 Å². The summed E-state index contributed by atoms with van der Waals surface area (Å²) >= 11 is 0. The van der Waals surface area contributed by atoms with Crippen molar-refractivity contribution in [1.82, 2.24) is 15.5 Å². The number of urea groups is 1. The van der Waals surface area contributed by atoms with Crippen LogP contribution < -0.4 is 15.4 Å². The predicted molar refractivity (Wildman–Crippen MR) is 76.8 cm³/mol. The van der Waals surface area contributed by atoms with Gasteiger partial charge in [-0.2, -0.15) is 0 Å². The van der Waals surface area contributed by atoms with Gasteiger partial charge >= 0.3 is 6.03 Å². The van der Waals surface area contributed by atoms with Gasteiger partial charge in [0.05, 0.1) is 12.6 Å². The van der Waals surface area contributed by atoms with Crippen molar-refractivity contribution < 1.29 is 9.53 Å². The van der Waals surface area contributed by atoms with Gasteiger partial charge in [-0.15, -0.1) is 0 Å². The average Bonchev–Trinajstić information content (AvgIpc) is 2.76. The highest BCUT2D eigenvalue weighted by molar-refractivity contribution is 5.78. The molecule has 2 saturated heterocycles. The highest BCUT2D eigenvalue weighted by atomic mass is 16.5. The summed E-state index contributed by atoms with van der Waals surface area (Å²) in [5, 5.41) is 6.53. The number of hydrogen-bond acceptors (Lipinski definition) is 3. The Kier molecular flexibility index (Phi) is 3.53. The van der Waals surface area contributed by atoms with Gasteiger partial charge in [-0.25, -0.2) is 4.79 Å². The molecule has 20 heavy (non-hydrogen) atoms. The van der Waals surface area contributed by atoms with E-state index >= 15 is 0 Å². The molecule has 5 heteroatoms. The van der Waals surface area contributed by atoms with Gasteiger partial charge in [0, 0.05) is 13.1 Å². The molecule has 0 aromatic heterocycles. The summed E-state index contributed by atoms with van der Waals surface area (Å²) in [6, 6.07) is 7.95. The number of nitrogens with one attached hydrogen (secondary N) is 2. The zero-order chi connectivity index (χ0) is 14.0. The summed E-state index contributed by atoms with van der Waals surface area (Å²) < 4.78 is 5.15. The SMILES string of the molecule is COc1ccc(CN2CC3(CCNCC3)NC2=O)cc1. The van der Waals surface area contributed by atoms with E-state index in [-0.39, 0.29) is 11.6 Å². The van der Waals surface area contributed by atoms with Crippen LogP contribution in [0.15, 0.2) is 24.3 Å². The van der Waals surface area contributed by atoms with E-state index in [1.165, 1.54) is 0 Å². The van der Waals surface area contributed by atoms with E-state index in [0.29, 0.717) is 6.54 Å². The predicted octanol–water partition coefficient (Wildman–Crippen LogP) is 1.34. The summed E-state index contributed by atoms with van der Waals surface area (Å²) in [6.45, 7) is 3.43. The van der Waals surface area contributed by atoms with E-state index in [9.17, 15) is 4.79 Å². The molecule has 2 amide bonds. The smallest absolute Gasteiger partial charge is 0.318 e. The Morgan fingerprint density at radius 3 is 2.60 bits per heavy atom. The van der Waals surface area contributed by atoms with Crippen molar-refractivity contribution in [2.75, 3.05) is 26.7 Å². The molecule has 1 spiro atoms. The van der Waals surface area contributed by atoms with Crippen LogP contribution in [0.3, 0.4) is 0 Å². The van der Waals surface area contributed by atoms with Crippen molar-refractivity contribution in [2.24, 2.45) is 0 Å². The molecule has 2 N–H and O–H groups in total. The second-order valence-electron chi connectivity index (χ2n) is 5.66. The fourth-order valence-electron chi connectivity index (χ4n) is 3.05. The lowest BCUT2D eigenvalue weighted by Crippen LogP contribution is -2.51. The normalized spacial score (nSPS) is 21.1. The molecule has 0 atom stereocenters. The highest BCUT2D eigenvalue weighted by Crippen LogP contribution is 2.26. The van der Waals surface area contributed by atoms with E-state index in [1.54, 1.807) is 7.11 Å². The minimum atomic E-state index is -0.0190. The van der Waals surface area contributed by atoms with Crippen molar-refractivity contribution in [1.29, 1.82) is 0 Å². The molecule has 2 heterocycles. The number of hydrogen-bond donors (Lipinski definition) is 2. The molecule has 1 aromatic carbocycles. The topological polar surface area (TPSA) is 53.6 Å². The van der Waals surface area contributed by atoms with Crippen LogP contribution in [0.2, 0.25) is 0 Å². The van der Waals surface area contributed by atoms with E-state index in [0.717, 1.165) is 43.8 Å². The Hall–Kier alpha value is -1.75. The Bertz CT molecular complexity index is 480. The largest absolute Gasteiger partial charge is 0.497 e. The number of methoxy groups -OCH3 is 1. The van der Waals surface area contributed by atoms with Crippen LogP contribution in [-0.4, -0.2) is 43.2 Å². The van der Waals surface area contributed by atoms with Gasteiger partial charge in [-0.3, -0.25) is 0 Å². The van der Waals surface area contributed by atoms with E-state index in [4.69, 9.17) is 4.74 Å². The third kappa shape index (κ3) is 2.58. The van der Waals surface area contributed by atoms with Crippen molar-refractivity contribution in [3.8, 4) is 5.75 Å². The quantitative estimate of drug-likeness (QED) is 0.875. The van der Waals surface area contributed by atoms with Crippen LogP contribution in [-0.2, 0) is 6.54 Å². The lowest BCUT2D eigenvalue weighted by molar-refractivity contribution is 0.215. The van der Waals surface area contributed by atoms with E-state index in [2.05, 4.69) is 10.6 Å². The maximum atomic E-state index is 12.1. The molecule has 108 valence electrons. The molecule has 0 radical (unpaired) electrons. The summed E-state index contributed by atoms with van der Waals surface area (Å²) in [6.07, 6.45) is 2.02. The van der Waals surface area contributed by atoms with E-state index in [1.807, 2.05) is 29.2 Å². The van der Waals surface area contributed by atoms with Gasteiger partial charge in [0.1, 0.15) is 5.75 Å². The summed E-state index contributed by atoms with van der Waals surface area (Å²) in [5.41, 5.74) is 1.11. The average molecular weight is 275 g/mol. The second kappa shape index (κ2) is 5.32. The summed E-state index contributed by atoms with van der Waals surface area (Å²) in [7, 11) is 1.66. The summed E-state index contributed by atoms with van der Waals surface area (Å²) in [4.78, 5) is 14.1. The maximum Gasteiger partial charge on any atom is 0.318 e. The highest BCUT2D eigenvalue weighted by Gasteiger charge is 2.42. The van der Waals surface area contributed by atoms with Crippen molar-refractivity contribution in [3.05, 3.63) is 29.8 Å². The Labute approximate surface area is 119 Å². The van der Waals surface area contributed by atoms with Crippen LogP contribution in [0.25, 0.3) is 0 Å². The molecule has 3 rings (SSSR count). The second-order valence-corrected chi connectivity index (χ2v) is 5.66. The number of ether oxygens (including phenoxy) is 1. The number of nitrogens with zero attached hydrogens (tertiary/aromatic N) is 1. The number of piperidine rings is 1. The Balaban J connectivity index is 1.66. The number of carbonyl (C=O) groups is 1. The van der Waals surface area contributed by atoms with Gasteiger partial charge in [-0.1, -0.05) is 12.1 Å². The molecule has 2 fully saturated rings. The third-order valence-electron chi connectivity index (χ3n) is 4.25. The van der Waals surface area contributed by atoms with Gasteiger partial charge in [0.15, 0.2) is 0 Å². The van der Waals surface area contributed by atoms with Crippen LogP contribution in [0.4, 0.5) is 4.79 Å². The first-order valence-electron chi connectivity index (χ1n) is 7.12. The number of rotatable bonds is 3. The number of carbonyl (C=O) groups excluding carboxylic acids is 1. The number of benzene rings is 1. The van der Waals surface area contributed by atoms with Crippen molar-refractivity contribution in [2.45, 2.75) is 24.9 Å². The molecule has 0 aliphatic carbocycles. The van der Waals surface area contributed by atoms with Crippen LogP contribution in [0.1, 0.15) is 18.4 Å². The van der Waals surface area contributed by atoms with Crippen LogP contribution >= 0.6 is 0 Å². The Morgan fingerprint density at radius 1 is 1.25 bits per heavy atom. The summed E-state index contributed by atoms with van der Waals surface area (Å²) in [5.74, 6) is 0.842. The first-order chi connectivity index (χ1) is 9.71. The molecule has 0 saturated carbocycles. The van der Waals surface area contributed by atoms with Crippen molar-refractivity contribution in [3.63, 3.8) is 0 Å². The first kappa shape index (κ1) is 13.2. The Morgan fingerprint density at radius 2 is 1.95 bits per heavy atom. The van der Waals surface area contributed by atoms with Crippen LogP contribution in [0, 0.1) is 0 Å². The molecular formula is C15H21N3O2. The zero-order valence-electron chi connectivity index (χ0n) is 11.8. The van der Waals surface area contributed by atoms with Gasteiger partial charge in [0.2, 0.25) is 0 Å². The molecular weight excluding hydrogens is 254 g/mol. The van der Waals surface area contributed by atoms with E-state index < -0.39 is 0 Å². The minimum absolute atomic E-state index is 0.0190. The first-order valence-corrected chi connectivity index (χ1v) is 7.12.